The first kappa shape index (κ1) is 14.4. The number of carbonyl (C=O) groups excluding carboxylic acids is 1. The summed E-state index contributed by atoms with van der Waals surface area (Å²) in [6.07, 6.45) is 6.15. The van der Waals surface area contributed by atoms with E-state index in [1.807, 2.05) is 6.92 Å². The highest BCUT2D eigenvalue weighted by Gasteiger charge is 2.35. The first-order valence-electron chi connectivity index (χ1n) is 7.92. The summed E-state index contributed by atoms with van der Waals surface area (Å²) in [5.74, 6) is 2.65. The third-order valence-electron chi connectivity index (χ3n) is 4.63. The lowest BCUT2D eigenvalue weighted by Gasteiger charge is -2.34. The summed E-state index contributed by atoms with van der Waals surface area (Å²) in [5.41, 5.74) is 2.54. The fraction of sp³-hybridized carbons (Fsp3) is 0.611. The van der Waals surface area contributed by atoms with Crippen molar-refractivity contribution in [1.29, 1.82) is 0 Å². The van der Waals surface area contributed by atoms with E-state index in [9.17, 15) is 4.79 Å². The van der Waals surface area contributed by atoms with E-state index in [-0.39, 0.29) is 17.4 Å². The molecule has 1 heterocycles. The third kappa shape index (κ3) is 3.22. The second-order valence-corrected chi connectivity index (χ2v) is 7.50. The van der Waals surface area contributed by atoms with Gasteiger partial charge in [-0.1, -0.05) is 19.4 Å². The van der Waals surface area contributed by atoms with Crippen LogP contribution in [0.3, 0.4) is 0 Å². The Morgan fingerprint density at radius 1 is 1.43 bits per heavy atom. The molecular weight excluding hydrogens is 262 g/mol. The average Bonchev–Trinajstić information content (AvgIpc) is 3.11. The van der Waals surface area contributed by atoms with E-state index in [0.29, 0.717) is 5.92 Å². The molecule has 1 amide bonds. The average molecular weight is 287 g/mol. The quantitative estimate of drug-likeness (QED) is 0.851. The van der Waals surface area contributed by atoms with Crippen molar-refractivity contribution >= 4 is 5.91 Å². The molecule has 114 valence electrons. The first-order chi connectivity index (χ1) is 9.84. The van der Waals surface area contributed by atoms with E-state index in [4.69, 9.17) is 4.42 Å². The predicted molar refractivity (Wildman–Crippen MR) is 82.9 cm³/mol. The molecule has 0 aromatic carbocycles. The number of hydrogen-bond donors (Lipinski definition) is 1. The Balaban J connectivity index is 1.77. The minimum atomic E-state index is 0.0342. The van der Waals surface area contributed by atoms with Crippen molar-refractivity contribution in [3.05, 3.63) is 34.8 Å². The van der Waals surface area contributed by atoms with Crippen LogP contribution < -0.4 is 5.32 Å². The van der Waals surface area contributed by atoms with Crippen molar-refractivity contribution in [3.63, 3.8) is 0 Å². The monoisotopic (exact) mass is 287 g/mol. The van der Waals surface area contributed by atoms with Crippen LogP contribution in [0.2, 0.25) is 0 Å². The number of nitrogens with one attached hydrogen (secondary N) is 1. The van der Waals surface area contributed by atoms with Crippen LogP contribution in [-0.2, 0) is 11.2 Å². The summed E-state index contributed by atoms with van der Waals surface area (Å²) in [5, 5.41) is 3.18. The fourth-order valence-corrected chi connectivity index (χ4v) is 3.39. The van der Waals surface area contributed by atoms with E-state index in [1.165, 1.54) is 18.4 Å². The van der Waals surface area contributed by atoms with Crippen molar-refractivity contribution in [2.45, 2.75) is 59.4 Å². The third-order valence-corrected chi connectivity index (χ3v) is 4.63. The lowest BCUT2D eigenvalue weighted by atomic mass is 9.74. The topological polar surface area (TPSA) is 42.2 Å². The molecule has 1 N–H and O–H groups in total. The molecule has 21 heavy (non-hydrogen) atoms. The highest BCUT2D eigenvalue weighted by atomic mass is 16.3. The van der Waals surface area contributed by atoms with Crippen LogP contribution in [0.15, 0.2) is 22.1 Å². The summed E-state index contributed by atoms with van der Waals surface area (Å²) >= 11 is 0. The summed E-state index contributed by atoms with van der Waals surface area (Å²) in [6, 6.07) is 2.14. The molecule has 3 nitrogen and oxygen atoms in total. The second kappa shape index (κ2) is 5.04. The van der Waals surface area contributed by atoms with E-state index in [1.54, 1.807) is 6.08 Å². The maximum atomic E-state index is 12.3. The van der Waals surface area contributed by atoms with Gasteiger partial charge in [-0.05, 0) is 50.5 Å². The number of allylic oxidation sites excluding steroid dienone is 1. The standard InChI is InChI=1S/C18H25NO2/c1-11(13-5-6-13)7-17(20)19-15-9-18(3,4)10-16-14(15)8-12(2)21-16/h7-8,13,15H,5-6,9-10H2,1-4H3,(H,19,20)/b11-7-/t15-/m0/s1. The molecule has 1 fully saturated rings. The Morgan fingerprint density at radius 2 is 2.14 bits per heavy atom. The largest absolute Gasteiger partial charge is 0.466 e. The van der Waals surface area contributed by atoms with Crippen LogP contribution in [0.1, 0.15) is 63.2 Å². The molecular formula is C18H25NO2. The molecule has 1 saturated carbocycles. The van der Waals surface area contributed by atoms with Gasteiger partial charge in [-0.2, -0.15) is 0 Å². The number of furan rings is 1. The number of aryl methyl sites for hydroxylation is 1. The second-order valence-electron chi connectivity index (χ2n) is 7.50. The molecule has 2 aliphatic rings. The summed E-state index contributed by atoms with van der Waals surface area (Å²) in [7, 11) is 0. The number of hydrogen-bond acceptors (Lipinski definition) is 2. The van der Waals surface area contributed by atoms with Crippen LogP contribution in [-0.4, -0.2) is 5.91 Å². The van der Waals surface area contributed by atoms with Crippen LogP contribution in [0, 0.1) is 18.3 Å². The highest BCUT2D eigenvalue weighted by Crippen LogP contribution is 2.42. The molecule has 1 aromatic rings. The fourth-order valence-electron chi connectivity index (χ4n) is 3.39. The highest BCUT2D eigenvalue weighted by molar-refractivity contribution is 5.88. The Kier molecular flexibility index (Phi) is 3.46. The van der Waals surface area contributed by atoms with Crippen LogP contribution in [0.5, 0.6) is 0 Å². The molecule has 2 aliphatic carbocycles. The Morgan fingerprint density at radius 3 is 2.81 bits per heavy atom. The molecule has 1 atom stereocenters. The Labute approximate surface area is 126 Å². The van der Waals surface area contributed by atoms with Crippen LogP contribution in [0.25, 0.3) is 0 Å². The number of rotatable bonds is 3. The molecule has 1 aromatic heterocycles. The lowest BCUT2D eigenvalue weighted by Crippen LogP contribution is -2.35. The minimum Gasteiger partial charge on any atom is -0.466 e. The lowest BCUT2D eigenvalue weighted by molar-refractivity contribution is -0.117. The van der Waals surface area contributed by atoms with Gasteiger partial charge < -0.3 is 9.73 Å². The van der Waals surface area contributed by atoms with E-state index in [0.717, 1.165) is 29.9 Å². The summed E-state index contributed by atoms with van der Waals surface area (Å²) < 4.78 is 5.82. The van der Waals surface area contributed by atoms with E-state index < -0.39 is 0 Å². The maximum absolute atomic E-state index is 12.3. The normalized spacial score (nSPS) is 24.6. The van der Waals surface area contributed by atoms with Crippen molar-refractivity contribution in [1.82, 2.24) is 5.32 Å². The van der Waals surface area contributed by atoms with Gasteiger partial charge in [-0.3, -0.25) is 4.79 Å². The zero-order valence-corrected chi connectivity index (χ0v) is 13.5. The smallest absolute Gasteiger partial charge is 0.244 e. The maximum Gasteiger partial charge on any atom is 0.244 e. The number of carbonyl (C=O) groups is 1. The summed E-state index contributed by atoms with van der Waals surface area (Å²) in [6.45, 7) is 8.51. The van der Waals surface area contributed by atoms with Crippen LogP contribution >= 0.6 is 0 Å². The molecule has 3 heteroatoms. The number of fused-ring (bicyclic) bond motifs is 1. The van der Waals surface area contributed by atoms with E-state index in [2.05, 4.69) is 32.2 Å². The van der Waals surface area contributed by atoms with Gasteiger partial charge in [-0.15, -0.1) is 0 Å². The van der Waals surface area contributed by atoms with Gasteiger partial charge in [0.05, 0.1) is 6.04 Å². The van der Waals surface area contributed by atoms with Crippen molar-refractivity contribution in [3.8, 4) is 0 Å². The van der Waals surface area contributed by atoms with Gasteiger partial charge in [0.2, 0.25) is 5.91 Å². The van der Waals surface area contributed by atoms with E-state index >= 15 is 0 Å². The van der Waals surface area contributed by atoms with Crippen LogP contribution in [0.4, 0.5) is 0 Å². The van der Waals surface area contributed by atoms with Gasteiger partial charge in [0.25, 0.3) is 0 Å². The Hall–Kier alpha value is -1.51. The van der Waals surface area contributed by atoms with Crippen molar-refractivity contribution in [2.24, 2.45) is 11.3 Å². The zero-order valence-electron chi connectivity index (χ0n) is 13.5. The number of amides is 1. The molecule has 0 radical (unpaired) electrons. The van der Waals surface area contributed by atoms with Gasteiger partial charge in [-0.25, -0.2) is 0 Å². The Bertz CT molecular complexity index is 590. The SMILES string of the molecule is C/C(=C/C(=O)N[C@H]1CC(C)(C)Cc2oc(C)cc21)C1CC1. The van der Waals surface area contributed by atoms with Gasteiger partial charge in [0.15, 0.2) is 0 Å². The first-order valence-corrected chi connectivity index (χ1v) is 7.92. The van der Waals surface area contributed by atoms with Crippen molar-refractivity contribution < 1.29 is 9.21 Å². The molecule has 3 rings (SSSR count). The molecule has 0 spiro atoms. The van der Waals surface area contributed by atoms with Gasteiger partial charge >= 0.3 is 0 Å². The molecule has 0 aliphatic heterocycles. The summed E-state index contributed by atoms with van der Waals surface area (Å²) in [4.78, 5) is 12.3. The van der Waals surface area contributed by atoms with Gasteiger partial charge in [0, 0.05) is 18.1 Å². The zero-order chi connectivity index (χ0) is 15.2. The molecule has 0 unspecified atom stereocenters. The molecule has 0 bridgehead atoms. The minimum absolute atomic E-state index is 0.0342. The van der Waals surface area contributed by atoms with Gasteiger partial charge in [0.1, 0.15) is 11.5 Å². The molecule has 0 saturated heterocycles. The predicted octanol–water partition coefficient (Wildman–Crippen LogP) is 4.07. The van der Waals surface area contributed by atoms with Crippen molar-refractivity contribution in [2.75, 3.05) is 0 Å².